The van der Waals surface area contributed by atoms with Crippen LogP contribution in [0, 0.1) is 0 Å². The minimum atomic E-state index is -0.162. The maximum atomic E-state index is 11.8. The molecule has 1 heterocycles. The highest BCUT2D eigenvalue weighted by atomic mass is 16.7. The molecule has 1 aromatic heterocycles. The van der Waals surface area contributed by atoms with Crippen LogP contribution < -0.4 is 4.74 Å². The van der Waals surface area contributed by atoms with Gasteiger partial charge in [0.05, 0.1) is 0 Å². The molecular formula is C13H15NO4. The van der Waals surface area contributed by atoms with Crippen LogP contribution in [0.15, 0.2) is 28.7 Å². The molecule has 2 aromatic rings. The number of amides is 1. The number of benzene rings is 1. The number of fused-ring (bicyclic) bond motifs is 1. The average Bonchev–Trinajstić information content (AvgIpc) is 2.77. The van der Waals surface area contributed by atoms with E-state index >= 15 is 0 Å². The van der Waals surface area contributed by atoms with Crippen LogP contribution in [0.1, 0.15) is 10.6 Å². The number of rotatable bonds is 4. The van der Waals surface area contributed by atoms with Gasteiger partial charge in [-0.15, -0.1) is 0 Å². The van der Waals surface area contributed by atoms with Crippen LogP contribution in [0.4, 0.5) is 0 Å². The van der Waals surface area contributed by atoms with Gasteiger partial charge in [-0.05, 0) is 24.3 Å². The van der Waals surface area contributed by atoms with Crippen molar-refractivity contribution in [3.63, 3.8) is 0 Å². The van der Waals surface area contributed by atoms with Crippen molar-refractivity contribution in [3.05, 3.63) is 30.0 Å². The second kappa shape index (κ2) is 5.10. The molecule has 5 heteroatoms. The molecule has 0 radical (unpaired) electrons. The molecule has 5 nitrogen and oxygen atoms in total. The third-order valence-electron chi connectivity index (χ3n) is 2.45. The molecule has 0 saturated carbocycles. The molecule has 18 heavy (non-hydrogen) atoms. The summed E-state index contributed by atoms with van der Waals surface area (Å²) < 4.78 is 15.6. The first-order valence-corrected chi connectivity index (χ1v) is 5.49. The van der Waals surface area contributed by atoms with E-state index in [2.05, 4.69) is 0 Å². The molecule has 96 valence electrons. The molecule has 0 spiro atoms. The van der Waals surface area contributed by atoms with E-state index in [-0.39, 0.29) is 12.7 Å². The van der Waals surface area contributed by atoms with Gasteiger partial charge >= 0.3 is 0 Å². The van der Waals surface area contributed by atoms with Crippen molar-refractivity contribution < 1.29 is 18.7 Å². The highest BCUT2D eigenvalue weighted by molar-refractivity contribution is 5.96. The molecular weight excluding hydrogens is 234 g/mol. The van der Waals surface area contributed by atoms with Gasteiger partial charge in [0, 0.05) is 26.6 Å². The minimum Gasteiger partial charge on any atom is -0.468 e. The molecule has 0 unspecified atom stereocenters. The average molecular weight is 249 g/mol. The zero-order chi connectivity index (χ0) is 13.1. The minimum absolute atomic E-state index is 0.162. The summed E-state index contributed by atoms with van der Waals surface area (Å²) in [5.41, 5.74) is 0.657. The van der Waals surface area contributed by atoms with Gasteiger partial charge < -0.3 is 18.8 Å². The highest BCUT2D eigenvalue weighted by Crippen LogP contribution is 2.24. The van der Waals surface area contributed by atoms with Crippen LogP contribution >= 0.6 is 0 Å². The van der Waals surface area contributed by atoms with E-state index in [1.54, 1.807) is 39.4 Å². The van der Waals surface area contributed by atoms with Crippen molar-refractivity contribution >= 4 is 16.9 Å². The van der Waals surface area contributed by atoms with E-state index in [0.29, 0.717) is 17.1 Å². The van der Waals surface area contributed by atoms with Gasteiger partial charge in [-0.25, -0.2) is 0 Å². The van der Waals surface area contributed by atoms with Crippen LogP contribution in [0.25, 0.3) is 11.0 Å². The number of hydrogen-bond donors (Lipinski definition) is 0. The summed E-state index contributed by atoms with van der Waals surface area (Å²) in [4.78, 5) is 13.2. The molecule has 1 amide bonds. The number of hydrogen-bond acceptors (Lipinski definition) is 4. The van der Waals surface area contributed by atoms with Crippen molar-refractivity contribution in [2.24, 2.45) is 0 Å². The lowest BCUT2D eigenvalue weighted by Crippen LogP contribution is -2.20. The maximum Gasteiger partial charge on any atom is 0.289 e. The van der Waals surface area contributed by atoms with Gasteiger partial charge in [0.1, 0.15) is 11.3 Å². The molecule has 0 atom stereocenters. The smallest absolute Gasteiger partial charge is 0.289 e. The number of furan rings is 1. The molecule has 0 aliphatic heterocycles. The Hall–Kier alpha value is -2.01. The number of ether oxygens (including phenoxy) is 2. The Morgan fingerprint density at radius 1 is 1.33 bits per heavy atom. The van der Waals surface area contributed by atoms with Crippen LogP contribution in [-0.2, 0) is 4.74 Å². The molecule has 0 fully saturated rings. The lowest BCUT2D eigenvalue weighted by Gasteiger charge is -2.06. The normalized spacial score (nSPS) is 10.6. The summed E-state index contributed by atoms with van der Waals surface area (Å²) in [5.74, 6) is 0.832. The predicted octanol–water partition coefficient (Wildman–Crippen LogP) is 2.12. The Morgan fingerprint density at radius 2 is 2.11 bits per heavy atom. The number of methoxy groups -OCH3 is 1. The summed E-state index contributed by atoms with van der Waals surface area (Å²) in [6, 6.07) is 7.06. The van der Waals surface area contributed by atoms with Crippen molar-refractivity contribution in [1.82, 2.24) is 4.90 Å². The van der Waals surface area contributed by atoms with Crippen LogP contribution in [0.3, 0.4) is 0 Å². The lowest BCUT2D eigenvalue weighted by atomic mass is 10.2. The zero-order valence-corrected chi connectivity index (χ0v) is 10.6. The standard InChI is InChI=1S/C13H15NO4/c1-14(2)13(15)12-7-9-6-10(17-8-16-3)4-5-11(9)18-12/h4-7H,8H2,1-3H3. The predicted molar refractivity (Wildman–Crippen MR) is 66.7 cm³/mol. The molecule has 0 bridgehead atoms. The first-order valence-electron chi connectivity index (χ1n) is 5.49. The quantitative estimate of drug-likeness (QED) is 0.779. The van der Waals surface area contributed by atoms with E-state index < -0.39 is 0 Å². The van der Waals surface area contributed by atoms with Crippen molar-refractivity contribution in [1.29, 1.82) is 0 Å². The van der Waals surface area contributed by atoms with Gasteiger partial charge in [-0.2, -0.15) is 0 Å². The van der Waals surface area contributed by atoms with E-state index in [0.717, 1.165) is 5.39 Å². The number of nitrogens with zero attached hydrogens (tertiary/aromatic N) is 1. The number of carbonyl (C=O) groups excluding carboxylic acids is 1. The number of carbonyl (C=O) groups is 1. The highest BCUT2D eigenvalue weighted by Gasteiger charge is 2.14. The molecule has 0 aliphatic carbocycles. The summed E-state index contributed by atoms with van der Waals surface area (Å²) in [5, 5.41) is 0.828. The Kier molecular flexibility index (Phi) is 3.53. The molecule has 0 aliphatic rings. The zero-order valence-electron chi connectivity index (χ0n) is 10.6. The summed E-state index contributed by atoms with van der Waals surface area (Å²) >= 11 is 0. The van der Waals surface area contributed by atoms with Crippen LogP contribution in [-0.4, -0.2) is 38.8 Å². The Morgan fingerprint density at radius 3 is 2.78 bits per heavy atom. The molecule has 0 saturated heterocycles. The first kappa shape index (κ1) is 12.4. The van der Waals surface area contributed by atoms with Gasteiger partial charge in [0.15, 0.2) is 12.6 Å². The van der Waals surface area contributed by atoms with Gasteiger partial charge in [0.2, 0.25) is 0 Å². The molecule has 1 aromatic carbocycles. The molecule has 0 N–H and O–H groups in total. The van der Waals surface area contributed by atoms with Crippen molar-refractivity contribution in [2.45, 2.75) is 0 Å². The largest absolute Gasteiger partial charge is 0.468 e. The molecule has 2 rings (SSSR count). The topological polar surface area (TPSA) is 51.9 Å². The fourth-order valence-corrected chi connectivity index (χ4v) is 1.56. The Bertz CT molecular complexity index is 559. The van der Waals surface area contributed by atoms with E-state index in [9.17, 15) is 4.79 Å². The summed E-state index contributed by atoms with van der Waals surface area (Å²) in [6.45, 7) is 0.187. The Balaban J connectivity index is 2.31. The van der Waals surface area contributed by atoms with E-state index in [4.69, 9.17) is 13.9 Å². The summed E-state index contributed by atoms with van der Waals surface area (Å²) in [7, 11) is 4.93. The van der Waals surface area contributed by atoms with E-state index in [1.807, 2.05) is 6.07 Å². The monoisotopic (exact) mass is 249 g/mol. The van der Waals surface area contributed by atoms with E-state index in [1.165, 1.54) is 4.90 Å². The van der Waals surface area contributed by atoms with Gasteiger partial charge in [-0.1, -0.05) is 0 Å². The third kappa shape index (κ3) is 2.46. The van der Waals surface area contributed by atoms with Gasteiger partial charge in [-0.3, -0.25) is 4.79 Å². The fraction of sp³-hybridized carbons (Fsp3) is 0.308. The fourth-order valence-electron chi connectivity index (χ4n) is 1.56. The third-order valence-corrected chi connectivity index (χ3v) is 2.45. The maximum absolute atomic E-state index is 11.8. The van der Waals surface area contributed by atoms with Gasteiger partial charge in [0.25, 0.3) is 5.91 Å². The SMILES string of the molecule is COCOc1ccc2oc(C(=O)N(C)C)cc2c1. The second-order valence-electron chi connectivity index (χ2n) is 4.06. The lowest BCUT2D eigenvalue weighted by molar-refractivity contribution is 0.0512. The van der Waals surface area contributed by atoms with Crippen LogP contribution in [0.2, 0.25) is 0 Å². The Labute approximate surface area is 105 Å². The van der Waals surface area contributed by atoms with Crippen molar-refractivity contribution in [3.8, 4) is 5.75 Å². The van der Waals surface area contributed by atoms with Crippen molar-refractivity contribution in [2.75, 3.05) is 28.0 Å². The van der Waals surface area contributed by atoms with Crippen LogP contribution in [0.5, 0.6) is 5.75 Å². The first-order chi connectivity index (χ1) is 8.61. The summed E-state index contributed by atoms with van der Waals surface area (Å²) in [6.07, 6.45) is 0. The second-order valence-corrected chi connectivity index (χ2v) is 4.06.